The Labute approximate surface area is 77.8 Å². The van der Waals surface area contributed by atoms with Crippen molar-refractivity contribution in [1.82, 2.24) is 0 Å². The van der Waals surface area contributed by atoms with Gasteiger partial charge < -0.3 is 11.5 Å². The summed E-state index contributed by atoms with van der Waals surface area (Å²) in [5, 5.41) is 0.306. The standard InChI is InChI=1S/C8H14ClN3/c1-5(2)7(4-10)8(9)12-6(3)11/h4-5H,3,10-11H2,1-2H3/b7-4-,12-8?. The summed E-state index contributed by atoms with van der Waals surface area (Å²) in [6, 6.07) is 0. The van der Waals surface area contributed by atoms with E-state index in [4.69, 9.17) is 23.1 Å². The van der Waals surface area contributed by atoms with E-state index < -0.39 is 0 Å². The Kier molecular flexibility index (Phi) is 4.44. The first-order chi connectivity index (χ1) is 5.49. The van der Waals surface area contributed by atoms with Gasteiger partial charge in [-0.05, 0) is 5.92 Å². The lowest BCUT2D eigenvalue weighted by Crippen LogP contribution is -2.06. The van der Waals surface area contributed by atoms with Crippen molar-refractivity contribution in [3.8, 4) is 0 Å². The molecule has 4 N–H and O–H groups in total. The fourth-order valence-electron chi connectivity index (χ4n) is 0.690. The van der Waals surface area contributed by atoms with Crippen molar-refractivity contribution in [2.24, 2.45) is 22.4 Å². The Balaban J connectivity index is 4.66. The second kappa shape index (κ2) is 4.83. The van der Waals surface area contributed by atoms with Gasteiger partial charge in [0.2, 0.25) is 0 Å². The molecule has 0 fully saturated rings. The minimum absolute atomic E-state index is 0.181. The predicted octanol–water partition coefficient (Wildman–Crippen LogP) is 1.55. The van der Waals surface area contributed by atoms with Crippen LogP contribution in [0.5, 0.6) is 0 Å². The van der Waals surface area contributed by atoms with E-state index in [0.29, 0.717) is 5.17 Å². The predicted molar refractivity (Wildman–Crippen MR) is 53.7 cm³/mol. The van der Waals surface area contributed by atoms with Gasteiger partial charge >= 0.3 is 0 Å². The molecule has 0 saturated heterocycles. The minimum Gasteiger partial charge on any atom is -0.404 e. The minimum atomic E-state index is 0.181. The molecule has 0 rings (SSSR count). The van der Waals surface area contributed by atoms with Crippen molar-refractivity contribution >= 4 is 16.8 Å². The quantitative estimate of drug-likeness (QED) is 0.659. The van der Waals surface area contributed by atoms with Crippen LogP contribution in [0.25, 0.3) is 0 Å². The van der Waals surface area contributed by atoms with Crippen molar-refractivity contribution in [2.45, 2.75) is 13.8 Å². The molecule has 0 amide bonds. The average molecular weight is 188 g/mol. The van der Waals surface area contributed by atoms with Gasteiger partial charge in [0.1, 0.15) is 11.0 Å². The number of nitrogens with two attached hydrogens (primary N) is 2. The van der Waals surface area contributed by atoms with Gasteiger partial charge in [-0.15, -0.1) is 0 Å². The van der Waals surface area contributed by atoms with Crippen LogP contribution in [0.3, 0.4) is 0 Å². The molecule has 0 radical (unpaired) electrons. The Morgan fingerprint density at radius 2 is 2.08 bits per heavy atom. The Morgan fingerprint density at radius 3 is 2.33 bits per heavy atom. The van der Waals surface area contributed by atoms with Gasteiger partial charge in [-0.2, -0.15) is 0 Å². The fraction of sp³-hybridized carbons (Fsp3) is 0.375. The molecule has 0 aliphatic rings. The second-order valence-electron chi connectivity index (χ2n) is 2.67. The second-order valence-corrected chi connectivity index (χ2v) is 3.03. The molecule has 0 spiro atoms. The highest BCUT2D eigenvalue weighted by Crippen LogP contribution is 2.13. The zero-order chi connectivity index (χ0) is 9.72. The molecule has 0 aromatic heterocycles. The van der Waals surface area contributed by atoms with Gasteiger partial charge in [0, 0.05) is 11.8 Å². The molecule has 0 aliphatic heterocycles. The largest absolute Gasteiger partial charge is 0.404 e. The molecule has 0 heterocycles. The number of rotatable bonds is 3. The first kappa shape index (κ1) is 11.0. The number of hydrogen-bond acceptors (Lipinski definition) is 3. The van der Waals surface area contributed by atoms with E-state index >= 15 is 0 Å². The molecule has 4 heteroatoms. The van der Waals surface area contributed by atoms with Crippen molar-refractivity contribution in [3.63, 3.8) is 0 Å². The number of halogens is 1. The highest BCUT2D eigenvalue weighted by atomic mass is 35.5. The summed E-state index contributed by atoms with van der Waals surface area (Å²) in [4.78, 5) is 3.79. The van der Waals surface area contributed by atoms with Crippen molar-refractivity contribution < 1.29 is 0 Å². The van der Waals surface area contributed by atoms with Crippen LogP contribution in [-0.2, 0) is 0 Å². The Morgan fingerprint density at radius 1 is 1.58 bits per heavy atom. The van der Waals surface area contributed by atoms with Gasteiger partial charge in [0.15, 0.2) is 0 Å². The van der Waals surface area contributed by atoms with Crippen LogP contribution in [0, 0.1) is 5.92 Å². The molecule has 0 aromatic carbocycles. The Hall–Kier alpha value is -0.960. The summed E-state index contributed by atoms with van der Waals surface area (Å²) in [7, 11) is 0. The highest BCUT2D eigenvalue weighted by molar-refractivity contribution is 6.69. The van der Waals surface area contributed by atoms with Gasteiger partial charge in [0.05, 0.1) is 0 Å². The number of hydrogen-bond donors (Lipinski definition) is 2. The molecule has 0 aromatic rings. The van der Waals surface area contributed by atoms with E-state index in [1.807, 2.05) is 13.8 Å². The van der Waals surface area contributed by atoms with E-state index in [2.05, 4.69) is 11.6 Å². The molecule has 0 bridgehead atoms. The molecule has 68 valence electrons. The molecule has 0 unspecified atom stereocenters. The maximum Gasteiger partial charge on any atom is 0.136 e. The summed E-state index contributed by atoms with van der Waals surface area (Å²) in [6.07, 6.45) is 1.43. The van der Waals surface area contributed by atoms with Crippen molar-refractivity contribution in [1.29, 1.82) is 0 Å². The lowest BCUT2D eigenvalue weighted by molar-refractivity contribution is 0.801. The lowest BCUT2D eigenvalue weighted by atomic mass is 10.1. The van der Waals surface area contributed by atoms with Crippen LogP contribution in [0.1, 0.15) is 13.8 Å². The van der Waals surface area contributed by atoms with Gasteiger partial charge in [-0.25, -0.2) is 4.99 Å². The van der Waals surface area contributed by atoms with E-state index in [9.17, 15) is 0 Å². The van der Waals surface area contributed by atoms with E-state index in [1.54, 1.807) is 0 Å². The van der Waals surface area contributed by atoms with Crippen molar-refractivity contribution in [2.75, 3.05) is 0 Å². The first-order valence-corrected chi connectivity index (χ1v) is 3.97. The normalized spacial score (nSPS) is 13.7. The van der Waals surface area contributed by atoms with E-state index in [1.165, 1.54) is 6.20 Å². The van der Waals surface area contributed by atoms with E-state index in [-0.39, 0.29) is 11.7 Å². The third-order valence-corrected chi connectivity index (χ3v) is 1.58. The molecular formula is C8H14ClN3. The fourth-order valence-corrected chi connectivity index (χ4v) is 1.08. The van der Waals surface area contributed by atoms with Crippen LogP contribution < -0.4 is 11.5 Å². The topological polar surface area (TPSA) is 64.4 Å². The summed E-state index contributed by atoms with van der Waals surface area (Å²) in [5.41, 5.74) is 11.4. The maximum absolute atomic E-state index is 5.80. The van der Waals surface area contributed by atoms with Crippen LogP contribution in [0.15, 0.2) is 29.2 Å². The summed E-state index contributed by atoms with van der Waals surface area (Å²) < 4.78 is 0. The van der Waals surface area contributed by atoms with Gasteiger partial charge in [0.25, 0.3) is 0 Å². The SMILES string of the molecule is C=C(N)N=C(Cl)/C(=C\N)C(C)C. The smallest absolute Gasteiger partial charge is 0.136 e. The monoisotopic (exact) mass is 187 g/mol. The highest BCUT2D eigenvalue weighted by Gasteiger charge is 2.07. The van der Waals surface area contributed by atoms with Gasteiger partial charge in [-0.1, -0.05) is 32.0 Å². The van der Waals surface area contributed by atoms with Crippen molar-refractivity contribution in [3.05, 3.63) is 24.2 Å². The zero-order valence-corrected chi connectivity index (χ0v) is 8.10. The Bertz CT molecular complexity index is 228. The summed E-state index contributed by atoms with van der Waals surface area (Å²) in [6.45, 7) is 7.35. The summed E-state index contributed by atoms with van der Waals surface area (Å²) >= 11 is 5.80. The molecular weight excluding hydrogens is 174 g/mol. The number of nitrogens with zero attached hydrogens (tertiary/aromatic N) is 1. The molecule has 3 nitrogen and oxygen atoms in total. The average Bonchev–Trinajstić information content (AvgIpc) is 1.85. The van der Waals surface area contributed by atoms with Gasteiger partial charge in [-0.3, -0.25) is 0 Å². The van der Waals surface area contributed by atoms with Crippen LogP contribution >= 0.6 is 11.6 Å². The third kappa shape index (κ3) is 3.44. The first-order valence-electron chi connectivity index (χ1n) is 3.59. The zero-order valence-electron chi connectivity index (χ0n) is 7.34. The molecule has 0 atom stereocenters. The lowest BCUT2D eigenvalue weighted by Gasteiger charge is -2.07. The third-order valence-electron chi connectivity index (χ3n) is 1.28. The number of aliphatic imine (C=N–C) groups is 1. The van der Waals surface area contributed by atoms with Crippen LogP contribution in [0.2, 0.25) is 0 Å². The van der Waals surface area contributed by atoms with Crippen LogP contribution in [-0.4, -0.2) is 5.17 Å². The molecule has 0 saturated carbocycles. The molecule has 12 heavy (non-hydrogen) atoms. The molecule has 0 aliphatic carbocycles. The van der Waals surface area contributed by atoms with Crippen LogP contribution in [0.4, 0.5) is 0 Å². The van der Waals surface area contributed by atoms with E-state index in [0.717, 1.165) is 5.57 Å². The maximum atomic E-state index is 5.80. The number of allylic oxidation sites excluding steroid dienone is 1. The summed E-state index contributed by atoms with van der Waals surface area (Å²) in [5.74, 6) is 0.408.